The summed E-state index contributed by atoms with van der Waals surface area (Å²) in [6.45, 7) is 3.08. The van der Waals surface area contributed by atoms with Crippen LogP contribution in [-0.2, 0) is 10.0 Å². The van der Waals surface area contributed by atoms with Gasteiger partial charge in [0.15, 0.2) is 5.13 Å². The molecule has 7 nitrogen and oxygen atoms in total. The number of rotatable bonds is 6. The van der Waals surface area contributed by atoms with Gasteiger partial charge in [-0.25, -0.2) is 13.4 Å². The second-order valence-electron chi connectivity index (χ2n) is 8.04. The van der Waals surface area contributed by atoms with E-state index in [0.29, 0.717) is 29.5 Å². The van der Waals surface area contributed by atoms with E-state index in [1.54, 1.807) is 11.4 Å². The van der Waals surface area contributed by atoms with Gasteiger partial charge in [0.2, 0.25) is 10.0 Å². The zero-order valence-electron chi connectivity index (χ0n) is 18.7. The maximum atomic E-state index is 12.9. The van der Waals surface area contributed by atoms with Crippen LogP contribution in [0.1, 0.15) is 41.6 Å². The topological polar surface area (TPSA) is 88.6 Å². The van der Waals surface area contributed by atoms with Gasteiger partial charge in [-0.1, -0.05) is 24.5 Å². The number of ether oxygens (including phenoxy) is 1. The molecular formula is C24H27N3O4S2. The zero-order valence-corrected chi connectivity index (χ0v) is 20.3. The van der Waals surface area contributed by atoms with Crippen LogP contribution in [0.5, 0.6) is 5.75 Å². The third-order valence-corrected chi connectivity index (χ3v) is 8.35. The van der Waals surface area contributed by atoms with Gasteiger partial charge in [-0.2, -0.15) is 4.31 Å². The number of carbonyl (C=O) groups is 1. The third kappa shape index (κ3) is 5.26. The summed E-state index contributed by atoms with van der Waals surface area (Å²) >= 11 is 1.32. The number of amides is 1. The first-order valence-corrected chi connectivity index (χ1v) is 13.2. The van der Waals surface area contributed by atoms with E-state index in [4.69, 9.17) is 4.74 Å². The number of hydrogen-bond donors (Lipinski definition) is 1. The van der Waals surface area contributed by atoms with Crippen LogP contribution in [0.2, 0.25) is 0 Å². The smallest absolute Gasteiger partial charge is 0.257 e. The number of thiazole rings is 1. The van der Waals surface area contributed by atoms with E-state index in [2.05, 4.69) is 10.3 Å². The van der Waals surface area contributed by atoms with Crippen LogP contribution in [0, 0.1) is 6.92 Å². The summed E-state index contributed by atoms with van der Waals surface area (Å²) in [6, 6.07) is 11.9. The molecule has 33 heavy (non-hydrogen) atoms. The van der Waals surface area contributed by atoms with Gasteiger partial charge in [0, 0.05) is 29.6 Å². The molecule has 2 heterocycles. The van der Waals surface area contributed by atoms with Crippen molar-refractivity contribution in [3.8, 4) is 17.0 Å². The van der Waals surface area contributed by atoms with E-state index >= 15 is 0 Å². The molecule has 0 radical (unpaired) electrons. The predicted octanol–water partition coefficient (Wildman–Crippen LogP) is 4.94. The van der Waals surface area contributed by atoms with Crippen molar-refractivity contribution in [2.24, 2.45) is 0 Å². The second kappa shape index (κ2) is 10.0. The van der Waals surface area contributed by atoms with Crippen molar-refractivity contribution in [1.82, 2.24) is 9.29 Å². The largest absolute Gasteiger partial charge is 0.496 e. The fraction of sp³-hybridized carbons (Fsp3) is 0.333. The Kier molecular flexibility index (Phi) is 7.11. The molecule has 1 aromatic heterocycles. The highest BCUT2D eigenvalue weighted by atomic mass is 32.2. The molecule has 1 aliphatic heterocycles. The van der Waals surface area contributed by atoms with Crippen LogP contribution in [0.25, 0.3) is 11.3 Å². The SMILES string of the molecule is COc1ccc(C)cc1-c1csc(NC(=O)c2ccc(S(=O)(=O)N3CCCCCC3)cc2)n1. The van der Waals surface area contributed by atoms with E-state index in [9.17, 15) is 13.2 Å². The van der Waals surface area contributed by atoms with E-state index in [0.717, 1.165) is 42.5 Å². The van der Waals surface area contributed by atoms with Crippen molar-refractivity contribution >= 4 is 32.4 Å². The molecular weight excluding hydrogens is 458 g/mol. The van der Waals surface area contributed by atoms with Gasteiger partial charge in [-0.05, 0) is 56.2 Å². The Bertz CT molecular complexity index is 1230. The fourth-order valence-electron chi connectivity index (χ4n) is 3.86. The highest BCUT2D eigenvalue weighted by Crippen LogP contribution is 2.33. The van der Waals surface area contributed by atoms with Gasteiger partial charge in [0.05, 0.1) is 17.7 Å². The molecule has 2 aromatic carbocycles. The van der Waals surface area contributed by atoms with Gasteiger partial charge >= 0.3 is 0 Å². The summed E-state index contributed by atoms with van der Waals surface area (Å²) in [4.78, 5) is 17.5. The van der Waals surface area contributed by atoms with Gasteiger partial charge in [-0.3, -0.25) is 10.1 Å². The summed E-state index contributed by atoms with van der Waals surface area (Å²) in [5.74, 6) is 0.371. The molecule has 0 unspecified atom stereocenters. The Balaban J connectivity index is 1.47. The summed E-state index contributed by atoms with van der Waals surface area (Å²) in [5.41, 5.74) is 3.03. The third-order valence-electron chi connectivity index (χ3n) is 5.67. The van der Waals surface area contributed by atoms with E-state index in [-0.39, 0.29) is 10.8 Å². The maximum absolute atomic E-state index is 12.9. The number of sulfonamides is 1. The van der Waals surface area contributed by atoms with Crippen LogP contribution < -0.4 is 10.1 Å². The summed E-state index contributed by atoms with van der Waals surface area (Å²) in [5, 5.41) is 5.12. The lowest BCUT2D eigenvalue weighted by molar-refractivity contribution is 0.102. The predicted molar refractivity (Wildman–Crippen MR) is 130 cm³/mol. The molecule has 4 rings (SSSR count). The van der Waals surface area contributed by atoms with Crippen molar-refractivity contribution in [2.75, 3.05) is 25.5 Å². The summed E-state index contributed by atoms with van der Waals surface area (Å²) < 4.78 is 32.8. The molecule has 9 heteroatoms. The minimum absolute atomic E-state index is 0.212. The van der Waals surface area contributed by atoms with Gasteiger partial charge in [-0.15, -0.1) is 11.3 Å². The molecule has 0 bridgehead atoms. The molecule has 1 N–H and O–H groups in total. The molecule has 1 fully saturated rings. The Hall–Kier alpha value is -2.75. The van der Waals surface area contributed by atoms with E-state index in [1.165, 1.54) is 35.6 Å². The lowest BCUT2D eigenvalue weighted by Crippen LogP contribution is -2.31. The van der Waals surface area contributed by atoms with Gasteiger partial charge in [0.1, 0.15) is 5.75 Å². The lowest BCUT2D eigenvalue weighted by Gasteiger charge is -2.20. The lowest BCUT2D eigenvalue weighted by atomic mass is 10.1. The summed E-state index contributed by atoms with van der Waals surface area (Å²) in [6.07, 6.45) is 3.87. The molecule has 0 atom stereocenters. The molecule has 1 amide bonds. The minimum Gasteiger partial charge on any atom is -0.496 e. The Morgan fingerprint density at radius 1 is 1.06 bits per heavy atom. The Morgan fingerprint density at radius 2 is 1.76 bits per heavy atom. The first-order chi connectivity index (χ1) is 15.9. The number of nitrogens with one attached hydrogen (secondary N) is 1. The number of methoxy groups -OCH3 is 1. The van der Waals surface area contributed by atoms with E-state index < -0.39 is 10.0 Å². The van der Waals surface area contributed by atoms with Crippen molar-refractivity contribution in [1.29, 1.82) is 0 Å². The number of carbonyl (C=O) groups excluding carboxylic acids is 1. The van der Waals surface area contributed by atoms with Crippen molar-refractivity contribution in [3.63, 3.8) is 0 Å². The minimum atomic E-state index is -3.54. The first-order valence-electron chi connectivity index (χ1n) is 10.9. The molecule has 0 spiro atoms. The molecule has 1 saturated heterocycles. The second-order valence-corrected chi connectivity index (χ2v) is 10.8. The average molecular weight is 486 g/mol. The van der Waals surface area contributed by atoms with Crippen LogP contribution in [0.15, 0.2) is 52.7 Å². The van der Waals surface area contributed by atoms with Crippen LogP contribution >= 0.6 is 11.3 Å². The maximum Gasteiger partial charge on any atom is 0.257 e. The Labute approximate surface area is 198 Å². The fourth-order valence-corrected chi connectivity index (χ4v) is 6.08. The van der Waals surface area contributed by atoms with Crippen molar-refractivity contribution < 1.29 is 17.9 Å². The van der Waals surface area contributed by atoms with E-state index in [1.807, 2.05) is 30.5 Å². The standard InChI is InChI=1S/C24H27N3O4S2/c1-17-7-12-22(31-2)20(15-17)21-16-32-24(25-21)26-23(28)18-8-10-19(11-9-18)33(29,30)27-13-5-3-4-6-14-27/h7-12,15-16H,3-6,13-14H2,1-2H3,(H,25,26,28). The number of hydrogen-bond acceptors (Lipinski definition) is 6. The highest BCUT2D eigenvalue weighted by molar-refractivity contribution is 7.89. The number of aromatic nitrogens is 1. The number of nitrogens with zero attached hydrogens (tertiary/aromatic N) is 2. The summed E-state index contributed by atoms with van der Waals surface area (Å²) in [7, 11) is -1.93. The quantitative estimate of drug-likeness (QED) is 0.534. The molecule has 0 aliphatic carbocycles. The first kappa shape index (κ1) is 23.4. The zero-order chi connectivity index (χ0) is 23.4. The molecule has 0 saturated carbocycles. The Morgan fingerprint density at radius 3 is 2.42 bits per heavy atom. The molecule has 3 aromatic rings. The normalized spacial score (nSPS) is 15.1. The number of aryl methyl sites for hydroxylation is 1. The van der Waals surface area contributed by atoms with Gasteiger partial charge < -0.3 is 4.74 Å². The van der Waals surface area contributed by atoms with Crippen LogP contribution in [0.4, 0.5) is 5.13 Å². The highest BCUT2D eigenvalue weighted by Gasteiger charge is 2.25. The average Bonchev–Trinajstić information content (AvgIpc) is 3.09. The molecule has 174 valence electrons. The van der Waals surface area contributed by atoms with Crippen LogP contribution in [0.3, 0.4) is 0 Å². The molecule has 1 aliphatic rings. The number of anilines is 1. The monoisotopic (exact) mass is 485 g/mol. The van der Waals surface area contributed by atoms with Crippen molar-refractivity contribution in [3.05, 3.63) is 59.0 Å². The van der Waals surface area contributed by atoms with Gasteiger partial charge in [0.25, 0.3) is 5.91 Å². The van der Waals surface area contributed by atoms with Crippen molar-refractivity contribution in [2.45, 2.75) is 37.5 Å². The number of benzene rings is 2. The van der Waals surface area contributed by atoms with Crippen LogP contribution in [-0.4, -0.2) is 43.8 Å².